The van der Waals surface area contributed by atoms with Gasteiger partial charge in [-0.2, -0.15) is 4.31 Å². The molecular weight excluding hydrogens is 472 g/mol. The molecule has 2 fully saturated rings. The monoisotopic (exact) mass is 504 g/mol. The van der Waals surface area contributed by atoms with Gasteiger partial charge in [-0.25, -0.2) is 8.42 Å². The van der Waals surface area contributed by atoms with E-state index in [1.54, 1.807) is 24.3 Å². The van der Waals surface area contributed by atoms with Crippen LogP contribution in [0.15, 0.2) is 47.8 Å². The van der Waals surface area contributed by atoms with E-state index in [1.165, 1.54) is 20.5 Å². The number of thiophene rings is 1. The maximum atomic E-state index is 13.5. The largest absolute Gasteiger partial charge is 0.350 e. The van der Waals surface area contributed by atoms with Gasteiger partial charge in [0.05, 0.1) is 12.2 Å². The van der Waals surface area contributed by atoms with Gasteiger partial charge in [0.25, 0.3) is 5.91 Å². The zero-order chi connectivity index (χ0) is 24.1. The van der Waals surface area contributed by atoms with E-state index in [2.05, 4.69) is 5.32 Å². The fraction of sp³-hybridized carbons (Fsp3) is 0.500. The van der Waals surface area contributed by atoms with Crippen molar-refractivity contribution in [3.63, 3.8) is 0 Å². The summed E-state index contributed by atoms with van der Waals surface area (Å²) in [6.07, 6.45) is 2.56. The van der Waals surface area contributed by atoms with Gasteiger partial charge in [-0.1, -0.05) is 36.4 Å². The molecule has 0 radical (unpaired) electrons. The van der Waals surface area contributed by atoms with Crippen LogP contribution < -0.4 is 11.1 Å². The first-order valence-corrected chi connectivity index (χ1v) is 14.2. The molecule has 1 atom stereocenters. The third kappa shape index (κ3) is 6.04. The smallest absolute Gasteiger partial charge is 0.259 e. The molecule has 1 saturated carbocycles. The summed E-state index contributed by atoms with van der Waals surface area (Å²) in [4.78, 5) is 29.1. The van der Waals surface area contributed by atoms with Crippen molar-refractivity contribution in [1.29, 1.82) is 0 Å². The third-order valence-electron chi connectivity index (χ3n) is 6.47. The lowest BCUT2D eigenvalue weighted by Gasteiger charge is -2.42. The summed E-state index contributed by atoms with van der Waals surface area (Å²) in [6.45, 7) is 0.542. The molecule has 2 aromatic rings. The molecule has 1 aromatic carbocycles. The fourth-order valence-electron chi connectivity index (χ4n) is 4.69. The summed E-state index contributed by atoms with van der Waals surface area (Å²) in [5.74, 6) is -0.896. The van der Waals surface area contributed by atoms with Crippen LogP contribution >= 0.6 is 11.3 Å². The molecule has 2 amide bonds. The van der Waals surface area contributed by atoms with Crippen LogP contribution in [0.4, 0.5) is 0 Å². The summed E-state index contributed by atoms with van der Waals surface area (Å²) in [6, 6.07) is 12.7. The Hall–Kier alpha value is -2.27. The maximum absolute atomic E-state index is 13.5. The van der Waals surface area contributed by atoms with Crippen molar-refractivity contribution in [2.45, 2.75) is 62.5 Å². The molecule has 2 aliphatic rings. The van der Waals surface area contributed by atoms with E-state index in [9.17, 15) is 18.0 Å². The van der Waals surface area contributed by atoms with Crippen LogP contribution in [-0.2, 0) is 31.8 Å². The maximum Gasteiger partial charge on any atom is 0.259 e. The minimum atomic E-state index is -3.85. The van der Waals surface area contributed by atoms with Crippen LogP contribution in [0.3, 0.4) is 0 Å². The number of amides is 2. The lowest BCUT2D eigenvalue weighted by atomic mass is 9.92. The Morgan fingerprint density at radius 2 is 1.76 bits per heavy atom. The van der Waals surface area contributed by atoms with Crippen LogP contribution in [-0.4, -0.2) is 60.8 Å². The number of nitrogens with two attached hydrogens (primary N) is 1. The Morgan fingerprint density at radius 1 is 1.03 bits per heavy atom. The van der Waals surface area contributed by atoms with Crippen molar-refractivity contribution < 1.29 is 18.0 Å². The normalized spacial score (nSPS) is 24.0. The van der Waals surface area contributed by atoms with Crippen molar-refractivity contribution in [1.82, 2.24) is 14.5 Å². The number of hydrogen-bond acceptors (Lipinski definition) is 6. The number of sulfonamides is 1. The Labute approximate surface area is 205 Å². The molecule has 2 heterocycles. The van der Waals surface area contributed by atoms with Gasteiger partial charge < -0.3 is 16.0 Å². The first-order valence-electron chi connectivity index (χ1n) is 11.7. The summed E-state index contributed by atoms with van der Waals surface area (Å²) >= 11 is 1.47. The lowest BCUT2D eigenvalue weighted by molar-refractivity contribution is -0.147. The molecule has 3 N–H and O–H groups in total. The highest BCUT2D eigenvalue weighted by Crippen LogP contribution is 2.25. The number of carbonyl (C=O) groups excluding carboxylic acids is 2. The Kier molecular flexibility index (Phi) is 8.02. The summed E-state index contributed by atoms with van der Waals surface area (Å²) in [7, 11) is -3.85. The van der Waals surface area contributed by atoms with Crippen LogP contribution in [0, 0.1) is 0 Å². The minimum absolute atomic E-state index is 0.0675. The minimum Gasteiger partial charge on any atom is -0.350 e. The van der Waals surface area contributed by atoms with Crippen molar-refractivity contribution in [2.24, 2.45) is 5.73 Å². The summed E-state index contributed by atoms with van der Waals surface area (Å²) in [5, 5.41) is 4.92. The molecule has 1 aliphatic heterocycles. The number of benzene rings is 1. The molecule has 0 spiro atoms. The Balaban J connectivity index is 1.58. The van der Waals surface area contributed by atoms with Crippen LogP contribution in [0.1, 0.15) is 42.5 Å². The van der Waals surface area contributed by atoms with Gasteiger partial charge in [0.2, 0.25) is 15.9 Å². The van der Waals surface area contributed by atoms with E-state index < -0.39 is 22.1 Å². The number of carbonyl (C=O) groups is 2. The van der Waals surface area contributed by atoms with Crippen molar-refractivity contribution in [3.05, 3.63) is 58.3 Å². The average Bonchev–Trinajstić information content (AvgIpc) is 3.33. The first kappa shape index (κ1) is 24.8. The molecule has 34 heavy (non-hydrogen) atoms. The highest BCUT2D eigenvalue weighted by molar-refractivity contribution is 7.88. The van der Waals surface area contributed by atoms with Gasteiger partial charge >= 0.3 is 0 Å². The number of rotatable bonds is 7. The standard InChI is InChI=1S/C24H32N4O4S2/c25-19-9-11-20(12-10-19)26-23(30)24-27(22(29)16-21-8-4-15-33-21)13-5-14-28(24)34(31,32)17-18-6-2-1-3-7-18/h1-4,6-8,15,19-20,24H,5,9-14,16-17,25H2,(H,26,30). The molecule has 8 nitrogen and oxygen atoms in total. The van der Waals surface area contributed by atoms with E-state index >= 15 is 0 Å². The molecule has 184 valence electrons. The van der Waals surface area contributed by atoms with E-state index in [0.717, 1.165) is 30.6 Å². The van der Waals surface area contributed by atoms with Crippen molar-refractivity contribution in [2.75, 3.05) is 13.1 Å². The average molecular weight is 505 g/mol. The number of nitrogens with zero attached hydrogens (tertiary/aromatic N) is 2. The molecule has 0 bridgehead atoms. The van der Waals surface area contributed by atoms with Gasteiger partial charge in [0.15, 0.2) is 6.17 Å². The highest BCUT2D eigenvalue weighted by atomic mass is 32.2. The highest BCUT2D eigenvalue weighted by Gasteiger charge is 2.44. The zero-order valence-corrected chi connectivity index (χ0v) is 20.8. The van der Waals surface area contributed by atoms with Gasteiger partial charge in [-0.15, -0.1) is 11.3 Å². The quantitative estimate of drug-likeness (QED) is 0.599. The Bertz CT molecular complexity index is 1070. The van der Waals surface area contributed by atoms with Crippen LogP contribution in [0.25, 0.3) is 0 Å². The zero-order valence-electron chi connectivity index (χ0n) is 19.1. The van der Waals surface area contributed by atoms with E-state index in [0.29, 0.717) is 18.5 Å². The van der Waals surface area contributed by atoms with E-state index in [1.807, 2.05) is 23.6 Å². The van der Waals surface area contributed by atoms with E-state index in [-0.39, 0.29) is 36.7 Å². The SMILES string of the molecule is NC1CCC(NC(=O)C2N(C(=O)Cc3cccs3)CCCN2S(=O)(=O)Cc2ccccc2)CC1. The fourth-order valence-corrected chi connectivity index (χ4v) is 7.09. The predicted molar refractivity (Wildman–Crippen MR) is 132 cm³/mol. The first-order chi connectivity index (χ1) is 16.3. The van der Waals surface area contributed by atoms with Gasteiger partial charge in [0, 0.05) is 30.1 Å². The third-order valence-corrected chi connectivity index (χ3v) is 9.14. The second kappa shape index (κ2) is 11.0. The predicted octanol–water partition coefficient (Wildman–Crippen LogP) is 2.07. The van der Waals surface area contributed by atoms with Crippen molar-refractivity contribution >= 4 is 33.2 Å². The van der Waals surface area contributed by atoms with Gasteiger partial charge in [-0.05, 0) is 49.1 Å². The van der Waals surface area contributed by atoms with Crippen molar-refractivity contribution in [3.8, 4) is 0 Å². The lowest BCUT2D eigenvalue weighted by Crippen LogP contribution is -2.64. The van der Waals surface area contributed by atoms with Gasteiger partial charge in [-0.3, -0.25) is 9.59 Å². The van der Waals surface area contributed by atoms with Crippen LogP contribution in [0.2, 0.25) is 0 Å². The number of hydrogen-bond donors (Lipinski definition) is 2. The second-order valence-electron chi connectivity index (χ2n) is 9.04. The molecule has 1 saturated heterocycles. The number of nitrogens with one attached hydrogen (secondary N) is 1. The summed E-state index contributed by atoms with van der Waals surface area (Å²) in [5.41, 5.74) is 6.64. The molecule has 4 rings (SSSR count). The summed E-state index contributed by atoms with van der Waals surface area (Å²) < 4.78 is 28.2. The Morgan fingerprint density at radius 3 is 2.44 bits per heavy atom. The second-order valence-corrected chi connectivity index (χ2v) is 12.0. The molecular formula is C24H32N4O4S2. The van der Waals surface area contributed by atoms with Gasteiger partial charge in [0.1, 0.15) is 0 Å². The van der Waals surface area contributed by atoms with E-state index in [4.69, 9.17) is 5.73 Å². The molecule has 10 heteroatoms. The topological polar surface area (TPSA) is 113 Å². The molecule has 1 unspecified atom stereocenters. The molecule has 1 aromatic heterocycles. The van der Waals surface area contributed by atoms with Crippen LogP contribution in [0.5, 0.6) is 0 Å². The molecule has 1 aliphatic carbocycles.